The number of nitrogens with one attached hydrogen (secondary N) is 1. The Labute approximate surface area is 114 Å². The number of benzene rings is 2. The van der Waals surface area contributed by atoms with Crippen molar-refractivity contribution in [2.45, 2.75) is 6.92 Å². The first-order valence-corrected chi connectivity index (χ1v) is 5.79. The molecule has 0 radical (unpaired) electrons. The summed E-state index contributed by atoms with van der Waals surface area (Å²) in [6.45, 7) is 1.60. The van der Waals surface area contributed by atoms with E-state index in [4.69, 9.17) is 0 Å². The van der Waals surface area contributed by atoms with Crippen molar-refractivity contribution in [1.29, 1.82) is 0 Å². The van der Waals surface area contributed by atoms with Crippen LogP contribution in [0.1, 0.15) is 15.9 Å². The molecule has 2 rings (SSSR count). The number of aryl methyl sites for hydroxylation is 1. The highest BCUT2D eigenvalue weighted by atomic mass is 19.1. The molecule has 2 aromatic rings. The van der Waals surface area contributed by atoms with Gasteiger partial charge in [-0.2, -0.15) is 0 Å². The van der Waals surface area contributed by atoms with Crippen molar-refractivity contribution in [3.8, 4) is 0 Å². The number of hydrogen-bond acceptors (Lipinski definition) is 3. The number of anilines is 1. The van der Waals surface area contributed by atoms with Gasteiger partial charge < -0.3 is 5.32 Å². The predicted octanol–water partition coefficient (Wildman–Crippen LogP) is 3.29. The van der Waals surface area contributed by atoms with Crippen LogP contribution in [-0.4, -0.2) is 10.8 Å². The molecule has 0 aliphatic rings. The van der Waals surface area contributed by atoms with E-state index in [1.54, 1.807) is 6.92 Å². The third-order valence-corrected chi connectivity index (χ3v) is 2.77. The van der Waals surface area contributed by atoms with Gasteiger partial charge in [-0.25, -0.2) is 4.39 Å². The van der Waals surface area contributed by atoms with Crippen LogP contribution in [0.25, 0.3) is 0 Å². The summed E-state index contributed by atoms with van der Waals surface area (Å²) in [5.74, 6) is -0.895. The topological polar surface area (TPSA) is 72.2 Å². The maximum absolute atomic E-state index is 12.7. The van der Waals surface area contributed by atoms with Gasteiger partial charge in [-0.05, 0) is 37.3 Å². The normalized spacial score (nSPS) is 10.1. The first-order valence-electron chi connectivity index (χ1n) is 5.79. The molecule has 0 aliphatic carbocycles. The lowest BCUT2D eigenvalue weighted by Crippen LogP contribution is -2.12. The van der Waals surface area contributed by atoms with Crippen molar-refractivity contribution in [3.05, 3.63) is 69.5 Å². The molecule has 0 saturated carbocycles. The Morgan fingerprint density at radius 3 is 2.45 bits per heavy atom. The Morgan fingerprint density at radius 2 is 1.85 bits per heavy atom. The summed E-state index contributed by atoms with van der Waals surface area (Å²) in [6.07, 6.45) is 0. The van der Waals surface area contributed by atoms with Crippen LogP contribution in [0, 0.1) is 22.9 Å². The van der Waals surface area contributed by atoms with Crippen LogP contribution in [0.15, 0.2) is 42.5 Å². The number of amides is 1. The van der Waals surface area contributed by atoms with E-state index < -0.39 is 16.6 Å². The minimum atomic E-state index is -0.538. The summed E-state index contributed by atoms with van der Waals surface area (Å²) in [5, 5.41) is 13.4. The highest BCUT2D eigenvalue weighted by molar-refractivity contribution is 6.04. The zero-order valence-electron chi connectivity index (χ0n) is 10.6. The number of carbonyl (C=O) groups excluding carboxylic acids is 1. The molecule has 5 nitrogen and oxygen atoms in total. The second-order valence-electron chi connectivity index (χ2n) is 4.22. The van der Waals surface area contributed by atoms with E-state index >= 15 is 0 Å². The highest BCUT2D eigenvalue weighted by Gasteiger charge is 2.15. The van der Waals surface area contributed by atoms with Crippen molar-refractivity contribution in [3.63, 3.8) is 0 Å². The minimum absolute atomic E-state index is 0.114. The molecule has 20 heavy (non-hydrogen) atoms. The molecule has 0 unspecified atom stereocenters. The highest BCUT2D eigenvalue weighted by Crippen LogP contribution is 2.20. The Kier molecular flexibility index (Phi) is 3.74. The number of nitro benzene ring substituents is 1. The van der Waals surface area contributed by atoms with Crippen molar-refractivity contribution in [1.82, 2.24) is 0 Å². The van der Waals surface area contributed by atoms with Crippen LogP contribution in [0.4, 0.5) is 15.8 Å². The van der Waals surface area contributed by atoms with Gasteiger partial charge in [0.1, 0.15) is 5.82 Å². The molecule has 0 heterocycles. The van der Waals surface area contributed by atoms with Gasteiger partial charge in [0.25, 0.3) is 11.6 Å². The van der Waals surface area contributed by atoms with Gasteiger partial charge in [-0.3, -0.25) is 14.9 Å². The van der Waals surface area contributed by atoms with Crippen molar-refractivity contribution in [2.75, 3.05) is 5.32 Å². The van der Waals surface area contributed by atoms with E-state index in [2.05, 4.69) is 5.32 Å². The lowest BCUT2D eigenvalue weighted by molar-refractivity contribution is -0.385. The fraction of sp³-hybridized carbons (Fsp3) is 0.0714. The van der Waals surface area contributed by atoms with Crippen molar-refractivity contribution < 1.29 is 14.1 Å². The summed E-state index contributed by atoms with van der Waals surface area (Å²) in [4.78, 5) is 22.2. The van der Waals surface area contributed by atoms with E-state index in [9.17, 15) is 19.3 Å². The summed E-state index contributed by atoms with van der Waals surface area (Å²) >= 11 is 0. The molecule has 0 aliphatic heterocycles. The summed E-state index contributed by atoms with van der Waals surface area (Å²) < 4.78 is 12.7. The Morgan fingerprint density at radius 1 is 1.20 bits per heavy atom. The first kappa shape index (κ1) is 13.7. The van der Waals surface area contributed by atoms with E-state index in [0.717, 1.165) is 0 Å². The summed E-state index contributed by atoms with van der Waals surface area (Å²) in [5.41, 5.74) is 0.955. The molecule has 6 heteroatoms. The molecular weight excluding hydrogens is 263 g/mol. The van der Waals surface area contributed by atoms with Gasteiger partial charge in [0.15, 0.2) is 0 Å². The molecule has 1 N–H and O–H groups in total. The standard InChI is InChI=1S/C14H11FN2O3/c1-9-2-3-10(8-13(9)17(19)20)14(18)16-12-6-4-11(15)5-7-12/h2-8H,1H3,(H,16,18). The van der Waals surface area contributed by atoms with Gasteiger partial charge in [0, 0.05) is 22.9 Å². The lowest BCUT2D eigenvalue weighted by atomic mass is 10.1. The van der Waals surface area contributed by atoms with Gasteiger partial charge >= 0.3 is 0 Å². The minimum Gasteiger partial charge on any atom is -0.322 e. The van der Waals surface area contributed by atoms with Crippen molar-refractivity contribution in [2.24, 2.45) is 0 Å². The number of hydrogen-bond donors (Lipinski definition) is 1. The largest absolute Gasteiger partial charge is 0.322 e. The summed E-state index contributed by atoms with van der Waals surface area (Å²) in [7, 11) is 0. The molecule has 0 bridgehead atoms. The zero-order valence-corrected chi connectivity index (χ0v) is 10.6. The molecule has 0 atom stereocenters. The quantitative estimate of drug-likeness (QED) is 0.689. The van der Waals surface area contributed by atoms with Crippen molar-refractivity contribution >= 4 is 17.3 Å². The molecule has 0 fully saturated rings. The SMILES string of the molecule is Cc1ccc(C(=O)Nc2ccc(F)cc2)cc1[N+](=O)[O-]. The average molecular weight is 274 g/mol. The van der Waals surface area contributed by atoms with Crippen LogP contribution in [0.3, 0.4) is 0 Å². The Balaban J connectivity index is 2.23. The second-order valence-corrected chi connectivity index (χ2v) is 4.22. The second kappa shape index (κ2) is 5.48. The van der Waals surface area contributed by atoms with Crippen LogP contribution in [0.2, 0.25) is 0 Å². The number of rotatable bonds is 3. The molecule has 0 aromatic heterocycles. The number of nitrogens with zero attached hydrogens (tertiary/aromatic N) is 1. The molecule has 1 amide bonds. The molecule has 0 spiro atoms. The van der Waals surface area contributed by atoms with E-state index in [0.29, 0.717) is 11.3 Å². The van der Waals surface area contributed by atoms with Crippen LogP contribution in [-0.2, 0) is 0 Å². The average Bonchev–Trinajstić information content (AvgIpc) is 2.41. The smallest absolute Gasteiger partial charge is 0.273 e. The van der Waals surface area contributed by atoms with E-state index in [1.165, 1.54) is 42.5 Å². The number of halogens is 1. The Hall–Kier alpha value is -2.76. The molecule has 2 aromatic carbocycles. The van der Waals surface area contributed by atoms with Crippen LogP contribution in [0.5, 0.6) is 0 Å². The first-order chi connectivity index (χ1) is 9.47. The van der Waals surface area contributed by atoms with Crippen LogP contribution < -0.4 is 5.32 Å². The van der Waals surface area contributed by atoms with E-state index in [-0.39, 0.29) is 11.3 Å². The fourth-order valence-electron chi connectivity index (χ4n) is 1.68. The maximum atomic E-state index is 12.7. The molecule has 0 saturated heterocycles. The predicted molar refractivity (Wildman–Crippen MR) is 72.2 cm³/mol. The monoisotopic (exact) mass is 274 g/mol. The van der Waals surface area contributed by atoms with Gasteiger partial charge in [-0.1, -0.05) is 6.07 Å². The Bertz CT molecular complexity index is 669. The van der Waals surface area contributed by atoms with Gasteiger partial charge in [0.2, 0.25) is 0 Å². The fourth-order valence-corrected chi connectivity index (χ4v) is 1.68. The molecular formula is C14H11FN2O3. The zero-order chi connectivity index (χ0) is 14.7. The number of carbonyl (C=O) groups is 1. The summed E-state index contributed by atoms with van der Waals surface area (Å²) in [6, 6.07) is 9.49. The van der Waals surface area contributed by atoms with Gasteiger partial charge in [-0.15, -0.1) is 0 Å². The maximum Gasteiger partial charge on any atom is 0.273 e. The lowest BCUT2D eigenvalue weighted by Gasteiger charge is -2.06. The number of nitro groups is 1. The third kappa shape index (κ3) is 2.97. The van der Waals surface area contributed by atoms with Gasteiger partial charge in [0.05, 0.1) is 4.92 Å². The molecule has 102 valence electrons. The van der Waals surface area contributed by atoms with E-state index in [1.807, 2.05) is 0 Å². The third-order valence-electron chi connectivity index (χ3n) is 2.77. The van der Waals surface area contributed by atoms with Crippen LogP contribution >= 0.6 is 0 Å².